The van der Waals surface area contributed by atoms with E-state index in [4.69, 9.17) is 9.47 Å². The Morgan fingerprint density at radius 1 is 1.11 bits per heavy atom. The fourth-order valence-corrected chi connectivity index (χ4v) is 3.33. The van der Waals surface area contributed by atoms with E-state index in [2.05, 4.69) is 0 Å². The Morgan fingerprint density at radius 3 is 2.21 bits per heavy atom. The molecule has 2 atom stereocenters. The first-order valence-corrected chi connectivity index (χ1v) is 10.2. The second-order valence-electron chi connectivity index (χ2n) is 6.50. The molecule has 0 N–H and O–H groups in total. The van der Waals surface area contributed by atoms with E-state index in [1.54, 1.807) is 0 Å². The van der Waals surface area contributed by atoms with Crippen LogP contribution in [-0.2, 0) is 14.3 Å². The van der Waals surface area contributed by atoms with Gasteiger partial charge >= 0.3 is 0 Å². The van der Waals surface area contributed by atoms with Crippen molar-refractivity contribution in [1.29, 1.82) is 0 Å². The van der Waals surface area contributed by atoms with Crippen molar-refractivity contribution < 1.29 is 14.3 Å². The van der Waals surface area contributed by atoms with Crippen molar-refractivity contribution >= 4 is 13.5 Å². The lowest BCUT2D eigenvalue weighted by atomic mass is 10.1. The van der Waals surface area contributed by atoms with Gasteiger partial charge in [-0.2, -0.15) is 0 Å². The molecule has 0 aromatic heterocycles. The summed E-state index contributed by atoms with van der Waals surface area (Å²) in [5.74, 6) is -0.708. The number of ether oxygens (including phenoxy) is 2. The lowest BCUT2D eigenvalue weighted by Gasteiger charge is -2.22. The zero-order chi connectivity index (χ0) is 14.3. The van der Waals surface area contributed by atoms with Gasteiger partial charge in [-0.15, -0.1) is 0 Å². The summed E-state index contributed by atoms with van der Waals surface area (Å²) in [7, 11) is -1.91. The van der Waals surface area contributed by atoms with Crippen LogP contribution in [0.2, 0.25) is 19.6 Å². The maximum Gasteiger partial charge on any atom is 0.164 e. The quantitative estimate of drug-likeness (QED) is 0.796. The Balaban J connectivity index is 2.33. The molecule has 1 aromatic carbocycles. The highest BCUT2D eigenvalue weighted by atomic mass is 28.3. The van der Waals surface area contributed by atoms with Gasteiger partial charge in [0, 0.05) is 0 Å². The van der Waals surface area contributed by atoms with Crippen LogP contribution in [0.15, 0.2) is 30.3 Å². The second-order valence-corrected chi connectivity index (χ2v) is 11.5. The molecule has 0 bridgehead atoms. The molecule has 1 saturated heterocycles. The standard InChI is InChI=1S/C15H22O3Si/c1-15(2)17-12(11-9-7-6-8-10-11)13(18-15)14(16)19(3,4)5/h6-10,12-13H,1-5H3/t12-,13+/m1/s1. The highest BCUT2D eigenvalue weighted by Crippen LogP contribution is 2.39. The minimum absolute atomic E-state index is 0.215. The van der Waals surface area contributed by atoms with Gasteiger partial charge < -0.3 is 14.3 Å². The topological polar surface area (TPSA) is 35.5 Å². The lowest BCUT2D eigenvalue weighted by Crippen LogP contribution is -2.44. The van der Waals surface area contributed by atoms with E-state index in [9.17, 15) is 4.79 Å². The third kappa shape index (κ3) is 3.13. The largest absolute Gasteiger partial charge is 0.339 e. The Hall–Kier alpha value is -0.973. The Bertz CT molecular complexity index is 462. The van der Waals surface area contributed by atoms with Gasteiger partial charge in [-0.05, 0) is 19.4 Å². The SMILES string of the molecule is CC1(C)O[C@H](C(=O)[Si](C)(C)C)[C@@H](c2ccccc2)O1. The summed E-state index contributed by atoms with van der Waals surface area (Å²) in [5, 5.41) is 0.215. The number of carbonyl (C=O) groups is 1. The number of rotatable bonds is 3. The van der Waals surface area contributed by atoms with Crippen molar-refractivity contribution in [2.45, 2.75) is 51.5 Å². The summed E-state index contributed by atoms with van der Waals surface area (Å²) in [4.78, 5) is 12.6. The lowest BCUT2D eigenvalue weighted by molar-refractivity contribution is -0.152. The average Bonchev–Trinajstić information content (AvgIpc) is 2.64. The highest BCUT2D eigenvalue weighted by molar-refractivity contribution is 7.04. The minimum atomic E-state index is -1.91. The maximum atomic E-state index is 12.6. The third-order valence-corrected chi connectivity index (χ3v) is 4.99. The molecule has 1 fully saturated rings. The zero-order valence-electron chi connectivity index (χ0n) is 12.3. The van der Waals surface area contributed by atoms with E-state index in [1.807, 2.05) is 63.8 Å². The van der Waals surface area contributed by atoms with Crippen molar-refractivity contribution in [3.05, 3.63) is 35.9 Å². The van der Waals surface area contributed by atoms with Crippen LogP contribution >= 0.6 is 0 Å². The normalized spacial score (nSPS) is 26.4. The van der Waals surface area contributed by atoms with E-state index in [0.717, 1.165) is 5.56 Å². The highest BCUT2D eigenvalue weighted by Gasteiger charge is 2.48. The molecule has 0 unspecified atom stereocenters. The molecule has 19 heavy (non-hydrogen) atoms. The Morgan fingerprint density at radius 2 is 1.68 bits per heavy atom. The van der Waals surface area contributed by atoms with E-state index in [-0.39, 0.29) is 11.5 Å². The summed E-state index contributed by atoms with van der Waals surface area (Å²) in [6.07, 6.45) is -0.778. The molecule has 1 heterocycles. The molecule has 3 nitrogen and oxygen atoms in total. The van der Waals surface area contributed by atoms with Crippen molar-refractivity contribution in [3.63, 3.8) is 0 Å². The van der Waals surface area contributed by atoms with Gasteiger partial charge in [-0.3, -0.25) is 0 Å². The fraction of sp³-hybridized carbons (Fsp3) is 0.533. The zero-order valence-corrected chi connectivity index (χ0v) is 13.3. The second kappa shape index (κ2) is 4.85. The van der Waals surface area contributed by atoms with Crippen LogP contribution in [0.1, 0.15) is 25.5 Å². The first-order chi connectivity index (χ1) is 8.71. The molecule has 0 radical (unpaired) electrons. The van der Waals surface area contributed by atoms with E-state index < -0.39 is 20.0 Å². The van der Waals surface area contributed by atoms with Crippen LogP contribution in [0.4, 0.5) is 0 Å². The molecular weight excluding hydrogens is 256 g/mol. The smallest absolute Gasteiger partial charge is 0.164 e. The fourth-order valence-electron chi connectivity index (χ4n) is 2.27. The van der Waals surface area contributed by atoms with Gasteiger partial charge in [-0.25, -0.2) is 0 Å². The molecule has 1 aliphatic rings. The summed E-state index contributed by atoms with van der Waals surface area (Å²) >= 11 is 0. The van der Waals surface area contributed by atoms with Crippen LogP contribution < -0.4 is 0 Å². The first-order valence-electron chi connectivity index (χ1n) is 6.66. The van der Waals surface area contributed by atoms with Crippen molar-refractivity contribution in [2.24, 2.45) is 0 Å². The minimum Gasteiger partial charge on any atom is -0.339 e. The molecule has 1 aromatic rings. The molecule has 0 saturated carbocycles. The van der Waals surface area contributed by atoms with Crippen LogP contribution in [0.3, 0.4) is 0 Å². The van der Waals surface area contributed by atoms with Crippen molar-refractivity contribution in [1.82, 2.24) is 0 Å². The molecule has 4 heteroatoms. The summed E-state index contributed by atoms with van der Waals surface area (Å²) in [6.45, 7) is 9.87. The predicted octanol–water partition coefficient (Wildman–Crippen LogP) is 3.33. The molecule has 0 aliphatic carbocycles. The summed E-state index contributed by atoms with van der Waals surface area (Å²) in [5.41, 5.74) is 1.00. The van der Waals surface area contributed by atoms with Crippen molar-refractivity contribution in [3.8, 4) is 0 Å². The van der Waals surface area contributed by atoms with E-state index in [0.29, 0.717) is 0 Å². The number of benzene rings is 1. The molecule has 104 valence electrons. The Labute approximate surface area is 115 Å². The predicted molar refractivity (Wildman–Crippen MR) is 77.6 cm³/mol. The first kappa shape index (κ1) is 14.4. The number of hydrogen-bond donors (Lipinski definition) is 0. The van der Waals surface area contributed by atoms with Crippen LogP contribution in [-0.4, -0.2) is 25.4 Å². The maximum absolute atomic E-state index is 12.6. The van der Waals surface area contributed by atoms with Crippen LogP contribution in [0.25, 0.3) is 0 Å². The molecule has 1 aliphatic heterocycles. The molecule has 0 amide bonds. The van der Waals surface area contributed by atoms with Gasteiger partial charge in [0.05, 0.1) is 0 Å². The van der Waals surface area contributed by atoms with Gasteiger partial charge in [0.25, 0.3) is 0 Å². The summed E-state index contributed by atoms with van der Waals surface area (Å²) in [6, 6.07) is 9.85. The van der Waals surface area contributed by atoms with Gasteiger partial charge in [0.15, 0.2) is 5.79 Å². The van der Waals surface area contributed by atoms with Gasteiger partial charge in [0.2, 0.25) is 0 Å². The van der Waals surface area contributed by atoms with Gasteiger partial charge in [-0.1, -0.05) is 50.0 Å². The molecule has 0 spiro atoms. The number of carbonyl (C=O) groups excluding carboxylic acids is 1. The summed E-state index contributed by atoms with van der Waals surface area (Å²) < 4.78 is 11.8. The Kier molecular flexibility index (Phi) is 3.69. The van der Waals surface area contributed by atoms with E-state index >= 15 is 0 Å². The van der Waals surface area contributed by atoms with Crippen LogP contribution in [0, 0.1) is 0 Å². The van der Waals surface area contributed by atoms with Gasteiger partial charge in [0.1, 0.15) is 25.7 Å². The number of hydrogen-bond acceptors (Lipinski definition) is 3. The van der Waals surface area contributed by atoms with Crippen LogP contribution in [0.5, 0.6) is 0 Å². The molecule has 2 rings (SSSR count). The van der Waals surface area contributed by atoms with E-state index in [1.165, 1.54) is 0 Å². The van der Waals surface area contributed by atoms with Crippen molar-refractivity contribution in [2.75, 3.05) is 0 Å². The molecular formula is C15H22O3Si. The third-order valence-electron chi connectivity index (χ3n) is 3.22. The monoisotopic (exact) mass is 278 g/mol. The average molecular weight is 278 g/mol.